The van der Waals surface area contributed by atoms with Gasteiger partial charge in [0.15, 0.2) is 0 Å². The van der Waals surface area contributed by atoms with Crippen LogP contribution in [0.1, 0.15) is 22.5 Å². The third kappa shape index (κ3) is 3.47. The summed E-state index contributed by atoms with van der Waals surface area (Å²) >= 11 is 0. The molecule has 108 valence electrons. The third-order valence-electron chi connectivity index (χ3n) is 2.97. The Labute approximate surface area is 113 Å². The van der Waals surface area contributed by atoms with E-state index in [-0.39, 0.29) is 12.2 Å². The van der Waals surface area contributed by atoms with E-state index < -0.39 is 36.7 Å². The van der Waals surface area contributed by atoms with Crippen LogP contribution in [0.15, 0.2) is 18.3 Å². The fraction of sp³-hybridized carbons (Fsp3) is 0.417. The normalized spacial score (nSPS) is 20.6. The number of carbonyl (C=O) groups is 2. The molecule has 1 unspecified atom stereocenters. The molecule has 1 fully saturated rings. The van der Waals surface area contributed by atoms with Crippen LogP contribution < -0.4 is 16.4 Å². The third-order valence-corrected chi connectivity index (χ3v) is 2.97. The summed E-state index contributed by atoms with van der Waals surface area (Å²) in [5.41, 5.74) is 5.81. The smallest absolute Gasteiger partial charge is 0.267 e. The van der Waals surface area contributed by atoms with Gasteiger partial charge in [0, 0.05) is 19.2 Å². The molecule has 1 aliphatic rings. The van der Waals surface area contributed by atoms with Crippen LogP contribution in [0.5, 0.6) is 0 Å². The molecule has 1 aromatic rings. The van der Waals surface area contributed by atoms with Crippen molar-refractivity contribution in [1.29, 1.82) is 0 Å². The van der Waals surface area contributed by atoms with Crippen LogP contribution in [-0.2, 0) is 11.3 Å². The highest BCUT2D eigenvalue weighted by Gasteiger charge is 2.42. The Hall–Kier alpha value is -2.09. The Balaban J connectivity index is 1.86. The van der Waals surface area contributed by atoms with Crippen molar-refractivity contribution < 1.29 is 18.4 Å². The first-order chi connectivity index (χ1) is 9.37. The van der Waals surface area contributed by atoms with Crippen LogP contribution >= 0.6 is 0 Å². The van der Waals surface area contributed by atoms with Crippen molar-refractivity contribution in [2.75, 3.05) is 6.54 Å². The van der Waals surface area contributed by atoms with Gasteiger partial charge in [-0.1, -0.05) is 6.07 Å². The van der Waals surface area contributed by atoms with E-state index in [2.05, 4.69) is 15.6 Å². The Morgan fingerprint density at radius 2 is 2.25 bits per heavy atom. The molecule has 8 heteroatoms. The molecule has 0 spiro atoms. The molecule has 4 N–H and O–H groups in total. The van der Waals surface area contributed by atoms with Crippen molar-refractivity contribution in [1.82, 2.24) is 15.6 Å². The van der Waals surface area contributed by atoms with Crippen molar-refractivity contribution in [2.45, 2.75) is 24.9 Å². The zero-order chi connectivity index (χ0) is 14.8. The molecule has 6 nitrogen and oxygen atoms in total. The molecule has 0 aromatic carbocycles. The standard InChI is InChI=1S/C12H14F2N4O2/c13-12(14)3-9(18-6-12)11(20)17-5-7-1-2-8(10(15)19)16-4-7/h1-2,4,9,18H,3,5-6H2,(H2,15,19)(H,17,20). The second-order valence-corrected chi connectivity index (χ2v) is 4.63. The number of alkyl halides is 2. The number of hydrogen-bond acceptors (Lipinski definition) is 4. The number of amides is 2. The minimum absolute atomic E-state index is 0.122. The molecule has 1 aromatic heterocycles. The Morgan fingerprint density at radius 3 is 2.75 bits per heavy atom. The second-order valence-electron chi connectivity index (χ2n) is 4.63. The first-order valence-electron chi connectivity index (χ1n) is 6.01. The summed E-state index contributed by atoms with van der Waals surface area (Å²) in [6.07, 6.45) is 0.898. The first-order valence-corrected chi connectivity index (χ1v) is 6.01. The van der Waals surface area contributed by atoms with Gasteiger partial charge in [0.1, 0.15) is 5.69 Å². The molecule has 1 saturated heterocycles. The molecular formula is C12H14F2N4O2. The maximum absolute atomic E-state index is 12.9. The summed E-state index contributed by atoms with van der Waals surface area (Å²) in [6.45, 7) is -0.339. The van der Waals surface area contributed by atoms with Gasteiger partial charge in [0.05, 0.1) is 12.6 Å². The lowest BCUT2D eigenvalue weighted by molar-refractivity contribution is -0.123. The minimum atomic E-state index is -2.84. The Bertz CT molecular complexity index is 519. The lowest BCUT2D eigenvalue weighted by Gasteiger charge is -2.11. The van der Waals surface area contributed by atoms with Crippen molar-refractivity contribution in [2.24, 2.45) is 5.73 Å². The molecule has 0 bridgehead atoms. The molecule has 2 amide bonds. The van der Waals surface area contributed by atoms with Gasteiger partial charge in [-0.3, -0.25) is 19.9 Å². The van der Waals surface area contributed by atoms with Gasteiger partial charge in [0.25, 0.3) is 11.8 Å². The summed E-state index contributed by atoms with van der Waals surface area (Å²) in [4.78, 5) is 26.3. The van der Waals surface area contributed by atoms with Crippen molar-refractivity contribution in [3.63, 3.8) is 0 Å². The number of carbonyl (C=O) groups excluding carboxylic acids is 2. The van der Waals surface area contributed by atoms with Gasteiger partial charge in [-0.2, -0.15) is 0 Å². The number of hydrogen-bond donors (Lipinski definition) is 3. The van der Waals surface area contributed by atoms with Gasteiger partial charge in [-0.05, 0) is 11.6 Å². The number of primary amides is 1. The number of rotatable bonds is 4. The summed E-state index contributed by atoms with van der Waals surface area (Å²) < 4.78 is 25.9. The number of aromatic nitrogens is 1. The number of pyridine rings is 1. The Kier molecular flexibility index (Phi) is 3.93. The molecule has 1 atom stereocenters. The monoisotopic (exact) mass is 284 g/mol. The Morgan fingerprint density at radius 1 is 1.50 bits per heavy atom. The van der Waals surface area contributed by atoms with E-state index >= 15 is 0 Å². The number of nitrogens with two attached hydrogens (primary N) is 1. The summed E-state index contributed by atoms with van der Waals surface area (Å²) in [5, 5.41) is 5.00. The van der Waals surface area contributed by atoms with E-state index in [1.807, 2.05) is 0 Å². The number of halogens is 2. The quantitative estimate of drug-likeness (QED) is 0.713. The molecule has 20 heavy (non-hydrogen) atoms. The lowest BCUT2D eigenvalue weighted by Crippen LogP contribution is -2.40. The lowest BCUT2D eigenvalue weighted by atomic mass is 10.2. The summed E-state index contributed by atoms with van der Waals surface area (Å²) in [6, 6.07) is 2.14. The van der Waals surface area contributed by atoms with E-state index in [1.165, 1.54) is 12.3 Å². The SMILES string of the molecule is NC(=O)c1ccc(CNC(=O)C2CC(F)(F)CN2)cn1. The molecule has 1 aliphatic heterocycles. The average Bonchev–Trinajstić information content (AvgIpc) is 2.77. The topological polar surface area (TPSA) is 97.1 Å². The molecule has 0 radical (unpaired) electrons. The average molecular weight is 284 g/mol. The zero-order valence-corrected chi connectivity index (χ0v) is 10.5. The maximum atomic E-state index is 12.9. The van der Waals surface area contributed by atoms with E-state index in [1.54, 1.807) is 6.07 Å². The van der Waals surface area contributed by atoms with E-state index in [9.17, 15) is 18.4 Å². The van der Waals surface area contributed by atoms with Crippen LogP contribution in [0.2, 0.25) is 0 Å². The van der Waals surface area contributed by atoms with Gasteiger partial charge in [0.2, 0.25) is 5.91 Å². The fourth-order valence-corrected chi connectivity index (χ4v) is 1.89. The summed E-state index contributed by atoms with van der Waals surface area (Å²) in [5.74, 6) is -3.97. The van der Waals surface area contributed by atoms with Crippen molar-refractivity contribution in [3.05, 3.63) is 29.6 Å². The molecule has 0 aliphatic carbocycles. The fourth-order valence-electron chi connectivity index (χ4n) is 1.89. The highest BCUT2D eigenvalue weighted by molar-refractivity contribution is 5.90. The highest BCUT2D eigenvalue weighted by Crippen LogP contribution is 2.25. The van der Waals surface area contributed by atoms with Gasteiger partial charge < -0.3 is 11.1 Å². The second kappa shape index (κ2) is 5.49. The molecule has 2 heterocycles. The van der Waals surface area contributed by atoms with Crippen LogP contribution in [0, 0.1) is 0 Å². The van der Waals surface area contributed by atoms with E-state index in [4.69, 9.17) is 5.73 Å². The van der Waals surface area contributed by atoms with Crippen molar-refractivity contribution in [3.8, 4) is 0 Å². The minimum Gasteiger partial charge on any atom is -0.364 e. The van der Waals surface area contributed by atoms with Crippen LogP contribution in [0.25, 0.3) is 0 Å². The van der Waals surface area contributed by atoms with E-state index in [0.29, 0.717) is 5.56 Å². The molecule has 2 rings (SSSR count). The van der Waals surface area contributed by atoms with Crippen LogP contribution in [0.3, 0.4) is 0 Å². The predicted octanol–water partition coefficient (Wildman–Crippen LogP) is -0.206. The zero-order valence-electron chi connectivity index (χ0n) is 10.5. The molecule has 0 saturated carbocycles. The summed E-state index contributed by atoms with van der Waals surface area (Å²) in [7, 11) is 0. The first kappa shape index (κ1) is 14.3. The van der Waals surface area contributed by atoms with E-state index in [0.717, 1.165) is 0 Å². The largest absolute Gasteiger partial charge is 0.364 e. The maximum Gasteiger partial charge on any atom is 0.267 e. The molecular weight excluding hydrogens is 270 g/mol. The van der Waals surface area contributed by atoms with Gasteiger partial charge in [-0.25, -0.2) is 8.78 Å². The van der Waals surface area contributed by atoms with Crippen LogP contribution in [0.4, 0.5) is 8.78 Å². The predicted molar refractivity (Wildman–Crippen MR) is 66.0 cm³/mol. The number of nitrogens with zero attached hydrogens (tertiary/aromatic N) is 1. The van der Waals surface area contributed by atoms with Gasteiger partial charge in [-0.15, -0.1) is 0 Å². The van der Waals surface area contributed by atoms with Crippen molar-refractivity contribution >= 4 is 11.8 Å². The van der Waals surface area contributed by atoms with Crippen LogP contribution in [-0.4, -0.2) is 35.3 Å². The number of nitrogens with one attached hydrogen (secondary N) is 2. The van der Waals surface area contributed by atoms with Gasteiger partial charge >= 0.3 is 0 Å². The highest BCUT2D eigenvalue weighted by atomic mass is 19.3.